The van der Waals surface area contributed by atoms with E-state index in [0.717, 1.165) is 42.6 Å². The molecule has 3 saturated heterocycles. The molecule has 4 aliphatic heterocycles. The van der Waals surface area contributed by atoms with Gasteiger partial charge in [0.15, 0.2) is 0 Å². The lowest BCUT2D eigenvalue weighted by Gasteiger charge is -2.46. The van der Waals surface area contributed by atoms with Gasteiger partial charge in [-0.3, -0.25) is 29.4 Å². The summed E-state index contributed by atoms with van der Waals surface area (Å²) >= 11 is 0. The highest BCUT2D eigenvalue weighted by molar-refractivity contribution is 6.23. The lowest BCUT2D eigenvalue weighted by Crippen LogP contribution is -2.56. The maximum absolute atomic E-state index is 16.3. The van der Waals surface area contributed by atoms with Gasteiger partial charge >= 0.3 is 12.1 Å². The van der Waals surface area contributed by atoms with Gasteiger partial charge in [0.25, 0.3) is 5.69 Å². The summed E-state index contributed by atoms with van der Waals surface area (Å²) < 4.78 is 18.4. The van der Waals surface area contributed by atoms with E-state index >= 15 is 14.4 Å². The summed E-state index contributed by atoms with van der Waals surface area (Å²) in [5.41, 5.74) is 0.990. The molecule has 0 radical (unpaired) electrons. The van der Waals surface area contributed by atoms with Gasteiger partial charge < -0.3 is 24.2 Å². The van der Waals surface area contributed by atoms with Gasteiger partial charge in [0.2, 0.25) is 11.8 Å². The van der Waals surface area contributed by atoms with Crippen LogP contribution in [0, 0.1) is 16.0 Å². The van der Waals surface area contributed by atoms with Gasteiger partial charge in [-0.1, -0.05) is 110 Å². The zero-order chi connectivity index (χ0) is 44.4. The van der Waals surface area contributed by atoms with Crippen LogP contribution < -0.4 is 9.64 Å². The number of likely N-dealkylation sites (tertiary alicyclic amines) is 1. The number of rotatable bonds is 10. The molecular weight excluding hydrogens is 817 g/mol. The number of nitro benzene ring substituents is 1. The number of carbonyl (C=O) groups excluding carboxylic acids is 4. The minimum atomic E-state index is -1.93. The Morgan fingerprint density at radius 1 is 0.766 bits per heavy atom. The summed E-state index contributed by atoms with van der Waals surface area (Å²) in [5, 5.41) is 21.1. The molecule has 3 fully saturated rings. The molecule has 1 N–H and O–H groups in total. The van der Waals surface area contributed by atoms with Crippen LogP contribution in [0.2, 0.25) is 0 Å². The Kier molecular flexibility index (Phi) is 12.0. The molecule has 5 aromatic rings. The Morgan fingerprint density at radius 3 is 2.09 bits per heavy atom. The maximum atomic E-state index is 16.3. The summed E-state index contributed by atoms with van der Waals surface area (Å²) in [6, 6.07) is 35.3. The van der Waals surface area contributed by atoms with Crippen molar-refractivity contribution >= 4 is 35.3 Å². The van der Waals surface area contributed by atoms with Crippen LogP contribution in [0.3, 0.4) is 0 Å². The van der Waals surface area contributed by atoms with Crippen molar-refractivity contribution in [3.05, 3.63) is 171 Å². The van der Waals surface area contributed by atoms with Crippen molar-refractivity contribution in [2.45, 2.75) is 68.4 Å². The number of aliphatic hydroxyl groups excluding tert-OH is 1. The van der Waals surface area contributed by atoms with E-state index in [1.807, 2.05) is 71.6 Å². The van der Waals surface area contributed by atoms with E-state index < -0.39 is 64.4 Å². The molecule has 6 atom stereocenters. The maximum Gasteiger partial charge on any atom is 0.421 e. The van der Waals surface area contributed by atoms with Crippen molar-refractivity contribution in [2.75, 3.05) is 31.2 Å². The molecule has 0 saturated carbocycles. The second-order valence-electron chi connectivity index (χ2n) is 16.6. The fourth-order valence-electron chi connectivity index (χ4n) is 10.3. The third kappa shape index (κ3) is 7.45. The van der Waals surface area contributed by atoms with E-state index in [9.17, 15) is 20.0 Å². The van der Waals surface area contributed by atoms with Gasteiger partial charge in [0.1, 0.15) is 36.5 Å². The minimum Gasteiger partial charge on any atom is -0.491 e. The van der Waals surface area contributed by atoms with Crippen LogP contribution in [0.1, 0.15) is 78.1 Å². The van der Waals surface area contributed by atoms with Gasteiger partial charge in [0.05, 0.1) is 35.2 Å². The van der Waals surface area contributed by atoms with Crippen molar-refractivity contribution in [2.24, 2.45) is 5.92 Å². The zero-order valence-corrected chi connectivity index (χ0v) is 35.1. The van der Waals surface area contributed by atoms with Crippen LogP contribution in [0.15, 0.2) is 133 Å². The molecule has 5 aromatic carbocycles. The molecule has 14 nitrogen and oxygen atoms in total. The Bertz CT molecular complexity index is 2530. The van der Waals surface area contributed by atoms with Crippen molar-refractivity contribution < 1.29 is 43.4 Å². The Hall–Kier alpha value is -6.90. The standard InChI is InChI=1S/C50H48N4O10/c55-29-30-62-38-20-14-19-36(31-38)45-50(39-21-10-11-22-40(39)52(48(50)58)49(59)63-32-33-23-25-37(26-24-33)54(60)61)41(46(56)51-27-12-2-1-3-13-28-51)43-47(57)64-44(35-17-8-5-9-18-35)42(53(43)45)34-15-6-4-7-16-34/h4-11,14-26,31,41-45,55H,1-3,12-13,27-30,32H2/t41-,42-,43-,44+,45+,50-/m0/s1. The Morgan fingerprint density at radius 2 is 1.41 bits per heavy atom. The van der Waals surface area contributed by atoms with E-state index in [-0.39, 0.29) is 31.2 Å². The monoisotopic (exact) mass is 864 g/mol. The first kappa shape index (κ1) is 42.4. The molecule has 64 heavy (non-hydrogen) atoms. The van der Waals surface area contributed by atoms with Crippen LogP contribution in [-0.4, -0.2) is 76.1 Å². The number of non-ortho nitro benzene ring substituents is 1. The molecule has 14 heteroatoms. The van der Waals surface area contributed by atoms with Crippen LogP contribution in [0.5, 0.6) is 5.75 Å². The highest BCUT2D eigenvalue weighted by Crippen LogP contribution is 2.66. The Balaban J connectivity index is 1.28. The van der Waals surface area contributed by atoms with Crippen LogP contribution in [0.4, 0.5) is 16.2 Å². The smallest absolute Gasteiger partial charge is 0.421 e. The number of hydrogen-bond donors (Lipinski definition) is 1. The van der Waals surface area contributed by atoms with Gasteiger partial charge in [-0.15, -0.1) is 0 Å². The lowest BCUT2D eigenvalue weighted by atomic mass is 9.65. The summed E-state index contributed by atoms with van der Waals surface area (Å²) in [4.78, 5) is 77.7. The first-order valence-corrected chi connectivity index (χ1v) is 21.8. The molecule has 1 spiro atoms. The number of amides is 3. The first-order valence-electron chi connectivity index (χ1n) is 21.8. The number of anilines is 1. The molecule has 9 rings (SSSR count). The number of cyclic esters (lactones) is 1. The van der Waals surface area contributed by atoms with Crippen molar-refractivity contribution in [1.29, 1.82) is 0 Å². The summed E-state index contributed by atoms with van der Waals surface area (Å²) in [5.74, 6) is -2.81. The number of aliphatic hydroxyl groups is 1. The molecule has 4 aliphatic rings. The molecular formula is C50H48N4O10. The van der Waals surface area contributed by atoms with Crippen molar-refractivity contribution in [1.82, 2.24) is 9.80 Å². The number of imide groups is 1. The molecule has 4 heterocycles. The third-order valence-electron chi connectivity index (χ3n) is 13.0. The first-order chi connectivity index (χ1) is 31.2. The SMILES string of the molecule is O=C1O[C@H](c2ccccc2)[C@H](c2ccccc2)N2[C@H]1[C@@H](C(=O)N1CCCCCCC1)[C@]1(C(=O)N(C(=O)OCc3ccc([N+](=O)[O-])cc3)c3ccccc31)[C@H]2c1cccc(OCCO)c1. The fourth-order valence-corrected chi connectivity index (χ4v) is 10.3. The van der Waals surface area contributed by atoms with Crippen molar-refractivity contribution in [3.8, 4) is 5.75 Å². The summed E-state index contributed by atoms with van der Waals surface area (Å²) in [7, 11) is 0. The number of ether oxygens (including phenoxy) is 3. The molecule has 0 unspecified atom stereocenters. The van der Waals surface area contributed by atoms with Gasteiger partial charge in [-0.25, -0.2) is 9.69 Å². The quantitative estimate of drug-likeness (QED) is 0.0828. The van der Waals surface area contributed by atoms with Gasteiger partial charge in [-0.05, 0) is 71.0 Å². The van der Waals surface area contributed by atoms with E-state index in [1.54, 1.807) is 47.4 Å². The number of nitro groups is 1. The van der Waals surface area contributed by atoms with E-state index in [0.29, 0.717) is 41.1 Å². The number of para-hydroxylation sites is 1. The largest absolute Gasteiger partial charge is 0.491 e. The average molecular weight is 865 g/mol. The summed E-state index contributed by atoms with van der Waals surface area (Å²) in [6.45, 7) is 0.284. The number of benzene rings is 5. The van der Waals surface area contributed by atoms with E-state index in [4.69, 9.17) is 14.2 Å². The van der Waals surface area contributed by atoms with Crippen LogP contribution in [-0.2, 0) is 35.9 Å². The topological polar surface area (TPSA) is 169 Å². The predicted molar refractivity (Wildman–Crippen MR) is 234 cm³/mol. The molecule has 328 valence electrons. The molecule has 0 aliphatic carbocycles. The van der Waals surface area contributed by atoms with Crippen molar-refractivity contribution in [3.63, 3.8) is 0 Å². The second-order valence-corrected chi connectivity index (χ2v) is 16.6. The number of morpholine rings is 1. The minimum absolute atomic E-state index is 0.00708. The molecule has 0 bridgehead atoms. The van der Waals surface area contributed by atoms with Gasteiger partial charge in [-0.2, -0.15) is 0 Å². The number of carbonyl (C=O) groups is 4. The number of hydrogen-bond acceptors (Lipinski definition) is 11. The van der Waals surface area contributed by atoms with Crippen LogP contribution >= 0.6 is 0 Å². The molecule has 0 aromatic heterocycles. The number of esters is 1. The average Bonchev–Trinajstić information content (AvgIpc) is 3.77. The van der Waals surface area contributed by atoms with E-state index in [2.05, 4.69) is 0 Å². The predicted octanol–water partition coefficient (Wildman–Crippen LogP) is 7.76. The highest BCUT2D eigenvalue weighted by atomic mass is 16.6. The number of nitrogens with zero attached hydrogens (tertiary/aromatic N) is 4. The fraction of sp³-hybridized carbons (Fsp3) is 0.320. The zero-order valence-electron chi connectivity index (χ0n) is 35.1. The lowest BCUT2D eigenvalue weighted by molar-refractivity contribution is -0.384. The highest BCUT2D eigenvalue weighted by Gasteiger charge is 2.76. The normalized spacial score (nSPS) is 24.3. The Labute approximate surface area is 370 Å². The third-order valence-corrected chi connectivity index (χ3v) is 13.0. The van der Waals surface area contributed by atoms with Crippen LogP contribution in [0.25, 0.3) is 0 Å². The number of fused-ring (bicyclic) bond motifs is 3. The van der Waals surface area contributed by atoms with E-state index in [1.165, 1.54) is 24.3 Å². The van der Waals surface area contributed by atoms with Gasteiger partial charge in [0, 0.05) is 25.2 Å². The summed E-state index contributed by atoms with van der Waals surface area (Å²) in [6.07, 6.45) is 2.47. The molecule has 3 amide bonds. The second kappa shape index (κ2) is 18.1.